The molecule has 2 aromatic carbocycles. The van der Waals surface area contributed by atoms with Crippen LogP contribution in [0, 0.1) is 5.92 Å². The van der Waals surface area contributed by atoms with E-state index < -0.39 is 20.4 Å². The highest BCUT2D eigenvalue weighted by Crippen LogP contribution is 2.55. The van der Waals surface area contributed by atoms with Crippen molar-refractivity contribution in [3.8, 4) is 0 Å². The molecule has 2 aliphatic heterocycles. The summed E-state index contributed by atoms with van der Waals surface area (Å²) >= 11 is 1.37. The number of carbonyl (C=O) groups excluding carboxylic acids is 2. The quantitative estimate of drug-likeness (QED) is 0.0648. The van der Waals surface area contributed by atoms with Crippen LogP contribution in [0.15, 0.2) is 82.4 Å². The van der Waals surface area contributed by atoms with Crippen molar-refractivity contribution in [3.05, 3.63) is 88.5 Å². The number of esters is 1. The van der Waals surface area contributed by atoms with Gasteiger partial charge in [0.05, 0.1) is 17.7 Å². The average Bonchev–Trinajstić information content (AvgIpc) is 3.52. The average molecular weight is 708 g/mol. The molecule has 4 heterocycles. The first-order chi connectivity index (χ1) is 22.4. The van der Waals surface area contributed by atoms with E-state index in [0.717, 1.165) is 11.1 Å². The number of hydrogen-bond donors (Lipinski definition) is 1. The van der Waals surface area contributed by atoms with Gasteiger partial charge in [-0.05, 0) is 52.7 Å². The summed E-state index contributed by atoms with van der Waals surface area (Å²) in [5.41, 5.74) is 8.82. The van der Waals surface area contributed by atoms with E-state index in [-0.39, 0.29) is 34.0 Å². The number of amides is 1. The first-order valence-corrected chi connectivity index (χ1v) is 21.3. The molecule has 47 heavy (non-hydrogen) atoms. The molecule has 4 aromatic rings. The molecule has 0 spiro atoms. The summed E-state index contributed by atoms with van der Waals surface area (Å²) in [6.45, 7) is 12.9. The van der Waals surface area contributed by atoms with Gasteiger partial charge in [-0.3, -0.25) is 9.69 Å². The Hall–Kier alpha value is -3.37. The van der Waals surface area contributed by atoms with Gasteiger partial charge in [0.1, 0.15) is 16.1 Å². The van der Waals surface area contributed by atoms with Crippen LogP contribution >= 0.6 is 33.3 Å². The van der Waals surface area contributed by atoms with Crippen molar-refractivity contribution in [1.29, 1.82) is 0 Å². The van der Waals surface area contributed by atoms with Crippen LogP contribution in [0.4, 0.5) is 5.69 Å². The highest BCUT2D eigenvalue weighted by atomic mass is 33.1. The molecule has 246 valence electrons. The molecule has 0 saturated carbocycles. The standard InChI is InChI=1S/C32H37N7O4S3Si/c1-19(43-47(5,6)32(2,3)4)25-29(40)38-26(31(41)42-27(20-13-9-7-10-14-20)21-15-11-8-12-16-21)23(45-46-30(25)38)18-44-24-17-22(33)28-34-36-37-39(28)35-24/h7-17,19,25,27,30H,18,33H2,1-6H3/t19-,25+,30-/m1/s1. The van der Waals surface area contributed by atoms with E-state index in [1.54, 1.807) is 21.8 Å². The summed E-state index contributed by atoms with van der Waals surface area (Å²) in [4.78, 5) is 30.7. The lowest BCUT2D eigenvalue weighted by Crippen LogP contribution is -2.65. The molecular formula is C32H37N7O4S3Si. The van der Waals surface area contributed by atoms with Crippen LogP contribution in [0.25, 0.3) is 5.65 Å². The van der Waals surface area contributed by atoms with Gasteiger partial charge in [-0.25, -0.2) is 4.79 Å². The fraction of sp³-hybridized carbons (Fsp3) is 0.375. The Morgan fingerprint density at radius 1 is 1.09 bits per heavy atom. The molecule has 1 amide bonds. The van der Waals surface area contributed by atoms with E-state index in [2.05, 4.69) is 54.5 Å². The zero-order chi connectivity index (χ0) is 33.5. The third-order valence-electron chi connectivity index (χ3n) is 8.79. The number of aromatic nitrogens is 5. The number of β-lactam (4-membered cyclic amide) rings is 1. The number of nitrogens with two attached hydrogens (primary N) is 1. The molecule has 0 unspecified atom stereocenters. The van der Waals surface area contributed by atoms with Crippen LogP contribution in [-0.4, -0.2) is 67.6 Å². The minimum Gasteiger partial charge on any atom is -0.448 e. The fourth-order valence-corrected chi connectivity index (χ4v) is 11.0. The normalized spacial score (nSPS) is 19.1. The third kappa shape index (κ3) is 6.68. The largest absolute Gasteiger partial charge is 0.448 e. The Morgan fingerprint density at radius 2 is 1.72 bits per heavy atom. The lowest BCUT2D eigenvalue weighted by Gasteiger charge is -2.52. The molecule has 2 N–H and O–H groups in total. The molecule has 3 atom stereocenters. The predicted octanol–water partition coefficient (Wildman–Crippen LogP) is 6.33. The van der Waals surface area contributed by atoms with Crippen molar-refractivity contribution in [3.63, 3.8) is 0 Å². The summed E-state index contributed by atoms with van der Waals surface area (Å²) in [5, 5.41) is 16.1. The van der Waals surface area contributed by atoms with Crippen LogP contribution < -0.4 is 5.73 Å². The predicted molar refractivity (Wildman–Crippen MR) is 189 cm³/mol. The summed E-state index contributed by atoms with van der Waals surface area (Å²) in [5.74, 6) is -0.747. The number of hydrogen-bond acceptors (Lipinski definition) is 12. The van der Waals surface area contributed by atoms with Gasteiger partial charge in [-0.15, -0.1) is 14.8 Å². The molecule has 0 radical (unpaired) electrons. The Bertz CT molecular complexity index is 1780. The molecule has 0 aliphatic carbocycles. The van der Waals surface area contributed by atoms with Crippen molar-refractivity contribution in [2.24, 2.45) is 5.92 Å². The van der Waals surface area contributed by atoms with Gasteiger partial charge in [0, 0.05) is 10.7 Å². The van der Waals surface area contributed by atoms with E-state index in [0.29, 0.717) is 27.0 Å². The number of anilines is 1. The molecular weight excluding hydrogens is 671 g/mol. The zero-order valence-corrected chi connectivity index (χ0v) is 30.4. The van der Waals surface area contributed by atoms with Crippen LogP contribution in [0.5, 0.6) is 0 Å². The first kappa shape index (κ1) is 33.5. The zero-order valence-electron chi connectivity index (χ0n) is 27.0. The van der Waals surface area contributed by atoms with Crippen LogP contribution in [-0.2, 0) is 18.8 Å². The van der Waals surface area contributed by atoms with Crippen molar-refractivity contribution in [2.75, 3.05) is 11.5 Å². The minimum atomic E-state index is -2.14. The van der Waals surface area contributed by atoms with Gasteiger partial charge in [0.15, 0.2) is 14.4 Å². The number of fused-ring (bicyclic) bond motifs is 2. The van der Waals surface area contributed by atoms with Crippen molar-refractivity contribution in [1.82, 2.24) is 30.2 Å². The van der Waals surface area contributed by atoms with E-state index in [4.69, 9.17) is 14.9 Å². The number of nitrogens with zero attached hydrogens (tertiary/aromatic N) is 6. The smallest absolute Gasteiger partial charge is 0.356 e. The number of tetrazole rings is 1. The monoisotopic (exact) mass is 707 g/mol. The number of carbonyl (C=O) groups is 2. The molecule has 0 bridgehead atoms. The van der Waals surface area contributed by atoms with E-state index in [1.807, 2.05) is 67.6 Å². The highest BCUT2D eigenvalue weighted by Gasteiger charge is 2.57. The Morgan fingerprint density at radius 3 is 2.34 bits per heavy atom. The number of thioether (sulfide) groups is 1. The molecule has 1 fully saturated rings. The fourth-order valence-electron chi connectivity index (χ4n) is 5.26. The minimum absolute atomic E-state index is 0.00586. The van der Waals surface area contributed by atoms with Gasteiger partial charge >= 0.3 is 5.97 Å². The Kier molecular flexibility index (Phi) is 9.46. The second kappa shape index (κ2) is 13.3. The summed E-state index contributed by atoms with van der Waals surface area (Å²) in [7, 11) is 0.908. The third-order valence-corrected chi connectivity index (χ3v) is 17.3. The SMILES string of the molecule is C[C@@H](O[Si](C)(C)C(C)(C)C)[C@H]1C(=O)N2C(C(=O)OC(c3ccccc3)c3ccccc3)=C(CSc3cc(N)c4nnnn4n3)SS[C@H]12. The lowest BCUT2D eigenvalue weighted by molar-refractivity contribution is -0.159. The van der Waals surface area contributed by atoms with Gasteiger partial charge in [-0.1, -0.05) is 115 Å². The second-order valence-electron chi connectivity index (χ2n) is 13.0. The molecule has 2 aliphatic rings. The summed E-state index contributed by atoms with van der Waals surface area (Å²) in [6, 6.07) is 20.9. The molecule has 15 heteroatoms. The molecule has 6 rings (SSSR count). The number of nitrogen functional groups attached to an aromatic ring is 1. The first-order valence-electron chi connectivity index (χ1n) is 15.2. The van der Waals surface area contributed by atoms with E-state index >= 15 is 0 Å². The van der Waals surface area contributed by atoms with E-state index in [1.165, 1.54) is 27.2 Å². The highest BCUT2D eigenvalue weighted by molar-refractivity contribution is 8.78. The maximum absolute atomic E-state index is 14.3. The summed E-state index contributed by atoms with van der Waals surface area (Å²) < 4.78 is 14.3. The van der Waals surface area contributed by atoms with Gasteiger partial charge in [-0.2, -0.15) is 0 Å². The number of benzene rings is 2. The Balaban J connectivity index is 1.32. The Labute approximate surface area is 286 Å². The number of ether oxygens (including phenoxy) is 1. The van der Waals surface area contributed by atoms with Crippen LogP contribution in [0.1, 0.15) is 44.9 Å². The maximum Gasteiger partial charge on any atom is 0.356 e. The number of rotatable bonds is 10. The van der Waals surface area contributed by atoms with Crippen molar-refractivity contribution < 1.29 is 18.8 Å². The van der Waals surface area contributed by atoms with Crippen LogP contribution in [0.2, 0.25) is 18.1 Å². The van der Waals surface area contributed by atoms with Crippen molar-refractivity contribution in [2.45, 2.75) is 68.4 Å². The van der Waals surface area contributed by atoms with E-state index in [9.17, 15) is 9.59 Å². The van der Waals surface area contributed by atoms with Gasteiger partial charge in [0.2, 0.25) is 11.6 Å². The van der Waals surface area contributed by atoms with Gasteiger partial charge in [0.25, 0.3) is 0 Å². The summed E-state index contributed by atoms with van der Waals surface area (Å²) in [6.07, 6.45) is -0.969. The lowest BCUT2D eigenvalue weighted by atomic mass is 9.92. The topological polar surface area (TPSA) is 138 Å². The second-order valence-corrected chi connectivity index (χ2v) is 21.1. The van der Waals surface area contributed by atoms with Crippen LogP contribution in [0.3, 0.4) is 0 Å². The maximum atomic E-state index is 14.3. The van der Waals surface area contributed by atoms with Gasteiger partial charge < -0.3 is 14.9 Å². The molecule has 2 aromatic heterocycles. The van der Waals surface area contributed by atoms with Crippen molar-refractivity contribution >= 4 is 64.9 Å². The molecule has 1 saturated heterocycles. The molecule has 11 nitrogen and oxygen atoms in total.